The van der Waals surface area contributed by atoms with Crippen molar-refractivity contribution in [3.63, 3.8) is 0 Å². The van der Waals surface area contributed by atoms with Gasteiger partial charge in [0, 0.05) is 24.0 Å². The molecular weight excluding hydrogens is 376 g/mol. The number of para-hydroxylation sites is 1. The van der Waals surface area contributed by atoms with Gasteiger partial charge in [-0.15, -0.1) is 0 Å². The summed E-state index contributed by atoms with van der Waals surface area (Å²) in [7, 11) is 0. The third-order valence-electron chi connectivity index (χ3n) is 5.19. The van der Waals surface area contributed by atoms with Crippen LogP contribution in [-0.2, 0) is 0 Å². The largest absolute Gasteiger partial charge is 0.355 e. The lowest BCUT2D eigenvalue weighted by atomic mass is 9.97. The highest BCUT2D eigenvalue weighted by atomic mass is 19.1. The Bertz CT molecular complexity index is 1180. The molecule has 4 aromatic rings. The minimum Gasteiger partial charge on any atom is -0.355 e. The minimum atomic E-state index is -0.364. The topological polar surface area (TPSA) is 67.9 Å². The van der Waals surface area contributed by atoms with Gasteiger partial charge in [0.2, 0.25) is 11.7 Å². The maximum Gasteiger partial charge on any atom is 0.231 e. The molecule has 1 aliphatic rings. The molecule has 1 unspecified atom stereocenters. The summed E-state index contributed by atoms with van der Waals surface area (Å²) in [6.45, 7) is 1.41. The number of benzene rings is 2. The molecule has 0 aliphatic carbocycles. The molecular formula is C21H17F2N5O. The van der Waals surface area contributed by atoms with Gasteiger partial charge in [-0.2, -0.15) is 4.98 Å². The van der Waals surface area contributed by atoms with Crippen LogP contribution in [0.3, 0.4) is 0 Å². The maximum absolute atomic E-state index is 14.1. The molecule has 29 heavy (non-hydrogen) atoms. The molecule has 3 heterocycles. The van der Waals surface area contributed by atoms with Gasteiger partial charge in [-0.05, 0) is 37.1 Å². The van der Waals surface area contributed by atoms with Crippen LogP contribution in [0.2, 0.25) is 0 Å². The van der Waals surface area contributed by atoms with Gasteiger partial charge < -0.3 is 9.42 Å². The van der Waals surface area contributed by atoms with E-state index in [1.807, 2.05) is 6.07 Å². The number of halogens is 2. The van der Waals surface area contributed by atoms with Crippen molar-refractivity contribution < 1.29 is 13.3 Å². The van der Waals surface area contributed by atoms with E-state index in [-0.39, 0.29) is 17.6 Å². The van der Waals surface area contributed by atoms with Crippen molar-refractivity contribution in [2.24, 2.45) is 0 Å². The third-order valence-corrected chi connectivity index (χ3v) is 5.19. The van der Waals surface area contributed by atoms with Crippen molar-refractivity contribution in [2.75, 3.05) is 18.0 Å². The number of hydrogen-bond donors (Lipinski definition) is 0. The van der Waals surface area contributed by atoms with Crippen molar-refractivity contribution in [2.45, 2.75) is 18.8 Å². The van der Waals surface area contributed by atoms with Crippen molar-refractivity contribution in [3.05, 3.63) is 66.3 Å². The second kappa shape index (κ2) is 7.20. The summed E-state index contributed by atoms with van der Waals surface area (Å²) in [5.41, 5.74) is 0.885. The second-order valence-electron chi connectivity index (χ2n) is 7.09. The first-order valence-electron chi connectivity index (χ1n) is 9.43. The van der Waals surface area contributed by atoms with Crippen LogP contribution in [0.25, 0.3) is 22.3 Å². The molecule has 0 N–H and O–H groups in total. The lowest BCUT2D eigenvalue weighted by Crippen LogP contribution is -2.35. The first-order chi connectivity index (χ1) is 14.2. The molecule has 146 valence electrons. The summed E-state index contributed by atoms with van der Waals surface area (Å²) >= 11 is 0. The van der Waals surface area contributed by atoms with Gasteiger partial charge in [-0.3, -0.25) is 0 Å². The van der Waals surface area contributed by atoms with Gasteiger partial charge in [-0.1, -0.05) is 23.4 Å². The van der Waals surface area contributed by atoms with E-state index >= 15 is 0 Å². The van der Waals surface area contributed by atoms with Crippen molar-refractivity contribution >= 4 is 16.7 Å². The van der Waals surface area contributed by atoms with Crippen molar-refractivity contribution in [1.29, 1.82) is 0 Å². The molecule has 0 radical (unpaired) electrons. The van der Waals surface area contributed by atoms with Gasteiger partial charge in [0.15, 0.2) is 0 Å². The lowest BCUT2D eigenvalue weighted by molar-refractivity contribution is 0.333. The van der Waals surface area contributed by atoms with Crippen LogP contribution in [0.1, 0.15) is 24.7 Å². The van der Waals surface area contributed by atoms with Crippen LogP contribution < -0.4 is 4.90 Å². The average Bonchev–Trinajstić information content (AvgIpc) is 3.24. The summed E-state index contributed by atoms with van der Waals surface area (Å²) in [6, 6.07) is 11.0. The van der Waals surface area contributed by atoms with Crippen LogP contribution in [0.5, 0.6) is 0 Å². The Labute approximate surface area is 165 Å². The highest BCUT2D eigenvalue weighted by Crippen LogP contribution is 2.32. The molecule has 1 aliphatic heterocycles. The number of rotatable bonds is 3. The molecule has 1 fully saturated rings. The highest BCUT2D eigenvalue weighted by molar-refractivity contribution is 5.89. The number of aromatic nitrogens is 4. The second-order valence-corrected chi connectivity index (χ2v) is 7.09. The standard InChI is InChI=1S/C21H17F2N5O/c22-15-6-1-4-13(10-15)19-26-21(29-27-19)14-5-3-9-28(11-14)20-16-7-2-8-17(23)18(16)24-12-25-20/h1-2,4,6-8,10,12,14H,3,5,9,11H2. The first-order valence-corrected chi connectivity index (χ1v) is 9.43. The van der Waals surface area contributed by atoms with E-state index in [1.165, 1.54) is 24.5 Å². The zero-order chi connectivity index (χ0) is 19.8. The quantitative estimate of drug-likeness (QED) is 0.516. The van der Waals surface area contributed by atoms with Crippen LogP contribution in [0.4, 0.5) is 14.6 Å². The summed E-state index contributed by atoms with van der Waals surface area (Å²) in [5, 5.41) is 4.70. The molecule has 1 saturated heterocycles. The molecule has 0 saturated carbocycles. The summed E-state index contributed by atoms with van der Waals surface area (Å²) in [4.78, 5) is 15.1. The smallest absolute Gasteiger partial charge is 0.231 e. The normalized spacial score (nSPS) is 17.0. The first kappa shape index (κ1) is 17.7. The predicted octanol–water partition coefficient (Wildman–Crippen LogP) is 4.34. The fourth-order valence-corrected chi connectivity index (χ4v) is 3.81. The molecule has 0 bridgehead atoms. The molecule has 2 aromatic heterocycles. The van der Waals surface area contributed by atoms with Gasteiger partial charge in [0.05, 0.1) is 5.92 Å². The number of nitrogens with zero attached hydrogens (tertiary/aromatic N) is 5. The zero-order valence-corrected chi connectivity index (χ0v) is 15.4. The van der Waals surface area contributed by atoms with E-state index in [2.05, 4.69) is 25.0 Å². The Morgan fingerprint density at radius 3 is 2.86 bits per heavy atom. The Hall–Kier alpha value is -3.42. The Kier molecular flexibility index (Phi) is 4.38. The van der Waals surface area contributed by atoms with Gasteiger partial charge in [0.1, 0.15) is 29.3 Å². The van der Waals surface area contributed by atoms with Gasteiger partial charge in [0.25, 0.3) is 0 Å². The fraction of sp³-hybridized carbons (Fsp3) is 0.238. The van der Waals surface area contributed by atoms with E-state index in [0.29, 0.717) is 40.5 Å². The van der Waals surface area contributed by atoms with Crippen LogP contribution in [0.15, 0.2) is 53.3 Å². The molecule has 5 rings (SSSR count). The predicted molar refractivity (Wildman–Crippen MR) is 103 cm³/mol. The zero-order valence-electron chi connectivity index (χ0n) is 15.4. The van der Waals surface area contributed by atoms with E-state index in [0.717, 1.165) is 19.4 Å². The van der Waals surface area contributed by atoms with Crippen LogP contribution in [-0.4, -0.2) is 33.2 Å². The summed E-state index contributed by atoms with van der Waals surface area (Å²) in [5.74, 6) is 0.878. The number of hydrogen-bond acceptors (Lipinski definition) is 6. The Morgan fingerprint density at radius 2 is 1.97 bits per heavy atom. The van der Waals surface area contributed by atoms with Crippen molar-refractivity contribution in [3.8, 4) is 11.4 Å². The molecule has 0 spiro atoms. The molecule has 1 atom stereocenters. The fourth-order valence-electron chi connectivity index (χ4n) is 3.81. The number of fused-ring (bicyclic) bond motifs is 1. The Balaban J connectivity index is 1.43. The third kappa shape index (κ3) is 3.30. The lowest BCUT2D eigenvalue weighted by Gasteiger charge is -2.32. The summed E-state index contributed by atoms with van der Waals surface area (Å²) in [6.07, 6.45) is 3.18. The monoisotopic (exact) mass is 393 g/mol. The molecule has 2 aromatic carbocycles. The number of anilines is 1. The van der Waals surface area contributed by atoms with Gasteiger partial charge >= 0.3 is 0 Å². The van der Waals surface area contributed by atoms with Crippen molar-refractivity contribution in [1.82, 2.24) is 20.1 Å². The van der Waals surface area contributed by atoms with Gasteiger partial charge in [-0.25, -0.2) is 18.7 Å². The molecule has 6 nitrogen and oxygen atoms in total. The van der Waals surface area contributed by atoms with E-state index < -0.39 is 0 Å². The summed E-state index contributed by atoms with van der Waals surface area (Å²) < 4.78 is 33.1. The molecule has 0 amide bonds. The molecule has 8 heteroatoms. The van der Waals surface area contributed by atoms with E-state index in [9.17, 15) is 8.78 Å². The average molecular weight is 393 g/mol. The minimum absolute atomic E-state index is 0.0112. The Morgan fingerprint density at radius 1 is 1.07 bits per heavy atom. The number of piperidine rings is 1. The van der Waals surface area contributed by atoms with Crippen LogP contribution in [0, 0.1) is 11.6 Å². The van der Waals surface area contributed by atoms with E-state index in [1.54, 1.807) is 18.2 Å². The SMILES string of the molecule is Fc1cccc(-c2noc(C3CCCN(c4ncnc5c(F)cccc45)C3)n2)c1. The van der Waals surface area contributed by atoms with Crippen LogP contribution >= 0.6 is 0 Å². The maximum atomic E-state index is 14.1. The van der Waals surface area contributed by atoms with E-state index in [4.69, 9.17) is 4.52 Å². The highest BCUT2D eigenvalue weighted by Gasteiger charge is 2.28.